The maximum atomic E-state index is 13.5. The fourth-order valence-electron chi connectivity index (χ4n) is 4.19. The number of H-pyrrole nitrogens is 1. The van der Waals surface area contributed by atoms with Gasteiger partial charge in [-0.2, -0.15) is 0 Å². The van der Waals surface area contributed by atoms with Crippen LogP contribution in [-0.2, 0) is 14.4 Å². The summed E-state index contributed by atoms with van der Waals surface area (Å²) in [6.07, 6.45) is 5.09. The number of halogens is 2. The molecule has 1 aromatic heterocycles. The van der Waals surface area contributed by atoms with Crippen molar-refractivity contribution in [2.75, 3.05) is 6.54 Å². The molecule has 0 aliphatic heterocycles. The highest BCUT2D eigenvalue weighted by Crippen LogP contribution is 2.27. The molecule has 184 valence electrons. The molecule has 34 heavy (non-hydrogen) atoms. The molecule has 0 radical (unpaired) electrons. The summed E-state index contributed by atoms with van der Waals surface area (Å²) < 4.78 is 13.5. The fourth-order valence-corrected chi connectivity index (χ4v) is 4.31. The van der Waals surface area contributed by atoms with E-state index in [1.165, 1.54) is 0 Å². The van der Waals surface area contributed by atoms with Crippen LogP contribution < -0.4 is 16.5 Å². The van der Waals surface area contributed by atoms with Gasteiger partial charge in [0.1, 0.15) is 11.7 Å². The van der Waals surface area contributed by atoms with Crippen LogP contribution in [0.1, 0.15) is 55.4 Å². The Bertz CT molecular complexity index is 1000. The monoisotopic (exact) mass is 493 g/mol. The summed E-state index contributed by atoms with van der Waals surface area (Å²) in [5.41, 5.74) is 6.08. The molecule has 11 heteroatoms. The van der Waals surface area contributed by atoms with E-state index in [0.29, 0.717) is 11.4 Å². The Morgan fingerprint density at radius 2 is 1.88 bits per heavy atom. The minimum atomic E-state index is -2.41. The third kappa shape index (κ3) is 6.93. The van der Waals surface area contributed by atoms with Crippen molar-refractivity contribution in [2.45, 2.75) is 56.6 Å². The number of aromatic amines is 1. The Morgan fingerprint density at radius 3 is 2.53 bits per heavy atom. The third-order valence-corrected chi connectivity index (χ3v) is 6.16. The van der Waals surface area contributed by atoms with E-state index in [-0.39, 0.29) is 24.6 Å². The number of benzene rings is 1. The van der Waals surface area contributed by atoms with Gasteiger partial charge in [-0.15, -0.1) is 0 Å². The van der Waals surface area contributed by atoms with E-state index in [4.69, 9.17) is 17.3 Å². The molecule has 2 atom stereocenters. The summed E-state index contributed by atoms with van der Waals surface area (Å²) in [5, 5.41) is 4.22. The zero-order valence-electron chi connectivity index (χ0n) is 18.7. The lowest BCUT2D eigenvalue weighted by atomic mass is 9.84. The molecular weight excluding hydrogens is 465 g/mol. The van der Waals surface area contributed by atoms with Crippen LogP contribution in [0.2, 0.25) is 0 Å². The first-order chi connectivity index (χ1) is 16.2. The molecule has 1 aliphatic carbocycles. The Balaban J connectivity index is 1.76. The van der Waals surface area contributed by atoms with Gasteiger partial charge in [-0.1, -0.05) is 61.9 Å². The van der Waals surface area contributed by atoms with Crippen molar-refractivity contribution >= 4 is 46.1 Å². The topological polar surface area (TPSA) is 137 Å². The predicted molar refractivity (Wildman–Crippen MR) is 125 cm³/mol. The van der Waals surface area contributed by atoms with E-state index in [9.17, 15) is 23.6 Å². The number of nitrogens with two attached hydrogens (primary N) is 1. The van der Waals surface area contributed by atoms with Crippen LogP contribution >= 0.6 is 11.6 Å². The molecule has 0 spiro atoms. The predicted octanol–water partition coefficient (Wildman–Crippen LogP) is 2.51. The molecule has 0 saturated heterocycles. The van der Waals surface area contributed by atoms with Crippen molar-refractivity contribution in [3.8, 4) is 0 Å². The number of para-hydroxylation sites is 1. The van der Waals surface area contributed by atoms with Gasteiger partial charge in [-0.3, -0.25) is 24.6 Å². The summed E-state index contributed by atoms with van der Waals surface area (Å²) in [4.78, 5) is 52.4. The standard InChI is InChI=1S/C23H29ClFN5O4/c24-20(25)23(34)30(11-10-19(26)31)29-22(33)17(12-14-6-2-1-3-7-14)28-21(32)18-13-15-8-4-5-9-16(15)27-18/h4-5,8-9,13-14,17,20,27H,1-3,6-7,10-12H2,(H2,26,31)(H,28,32)(H,29,33). The fraction of sp³-hybridized carbons (Fsp3) is 0.478. The van der Waals surface area contributed by atoms with E-state index in [0.717, 1.165) is 43.0 Å². The highest BCUT2D eigenvalue weighted by Gasteiger charge is 2.30. The van der Waals surface area contributed by atoms with Crippen molar-refractivity contribution in [1.82, 2.24) is 20.7 Å². The number of amides is 4. The molecule has 9 nitrogen and oxygen atoms in total. The normalized spacial score (nSPS) is 15.9. The number of primary amides is 1. The Morgan fingerprint density at radius 1 is 1.18 bits per heavy atom. The molecule has 2 unspecified atom stereocenters. The van der Waals surface area contributed by atoms with Gasteiger partial charge >= 0.3 is 0 Å². The molecule has 4 amide bonds. The minimum Gasteiger partial charge on any atom is -0.370 e. The number of alkyl halides is 2. The van der Waals surface area contributed by atoms with E-state index in [1.54, 1.807) is 6.07 Å². The molecule has 1 aromatic carbocycles. The summed E-state index contributed by atoms with van der Waals surface area (Å²) in [7, 11) is 0. The van der Waals surface area contributed by atoms with E-state index < -0.39 is 35.3 Å². The highest BCUT2D eigenvalue weighted by atomic mass is 35.5. The molecule has 0 bridgehead atoms. The lowest BCUT2D eigenvalue weighted by molar-refractivity contribution is -0.144. The largest absolute Gasteiger partial charge is 0.370 e. The zero-order chi connectivity index (χ0) is 24.7. The van der Waals surface area contributed by atoms with Gasteiger partial charge in [0, 0.05) is 17.3 Å². The van der Waals surface area contributed by atoms with Crippen molar-refractivity contribution in [3.63, 3.8) is 0 Å². The van der Waals surface area contributed by atoms with Crippen LogP contribution in [0.3, 0.4) is 0 Å². The van der Waals surface area contributed by atoms with Gasteiger partial charge in [-0.05, 0) is 24.5 Å². The van der Waals surface area contributed by atoms with E-state index in [1.807, 2.05) is 24.3 Å². The summed E-state index contributed by atoms with van der Waals surface area (Å²) in [5.74, 6) is -2.94. The first kappa shape index (κ1) is 25.5. The average Bonchev–Trinajstić information content (AvgIpc) is 3.25. The smallest absolute Gasteiger partial charge is 0.291 e. The van der Waals surface area contributed by atoms with Crippen LogP contribution in [0.15, 0.2) is 30.3 Å². The number of aromatic nitrogens is 1. The van der Waals surface area contributed by atoms with Gasteiger partial charge < -0.3 is 16.0 Å². The lowest BCUT2D eigenvalue weighted by Gasteiger charge is -2.29. The van der Waals surface area contributed by atoms with Gasteiger partial charge in [0.05, 0.1) is 6.54 Å². The molecule has 2 aromatic rings. The number of nitrogens with zero attached hydrogens (tertiary/aromatic N) is 1. The SMILES string of the molecule is NC(=O)CCN(NC(=O)C(CC1CCCCC1)NC(=O)c1cc2ccccc2[nH]1)C(=O)C(F)Cl. The number of fused-ring (bicyclic) bond motifs is 1. The maximum absolute atomic E-state index is 13.5. The molecule has 1 fully saturated rings. The van der Waals surface area contributed by atoms with Crippen molar-refractivity contribution in [3.05, 3.63) is 36.0 Å². The second kappa shape index (κ2) is 11.8. The van der Waals surface area contributed by atoms with Crippen molar-refractivity contribution < 1.29 is 23.6 Å². The molecule has 1 saturated carbocycles. The van der Waals surface area contributed by atoms with Crippen LogP contribution in [0.5, 0.6) is 0 Å². The number of nitrogens with one attached hydrogen (secondary N) is 3. The average molecular weight is 494 g/mol. The number of hydrazine groups is 1. The number of carbonyl (C=O) groups is 4. The van der Waals surface area contributed by atoms with Crippen molar-refractivity contribution in [2.24, 2.45) is 11.7 Å². The van der Waals surface area contributed by atoms with Gasteiger partial charge in [0.15, 0.2) is 0 Å². The van der Waals surface area contributed by atoms with Crippen LogP contribution in [-0.4, -0.2) is 51.8 Å². The van der Waals surface area contributed by atoms with Gasteiger partial charge in [0.2, 0.25) is 5.91 Å². The quantitative estimate of drug-likeness (QED) is 0.315. The first-order valence-corrected chi connectivity index (χ1v) is 11.7. The molecular formula is C23H29ClFN5O4. The Hall–Kier alpha value is -3.14. The van der Waals surface area contributed by atoms with Crippen LogP contribution in [0.4, 0.5) is 4.39 Å². The second-order valence-corrected chi connectivity index (χ2v) is 8.90. The van der Waals surface area contributed by atoms with Gasteiger partial charge in [0.25, 0.3) is 23.4 Å². The molecule has 5 N–H and O–H groups in total. The third-order valence-electron chi connectivity index (χ3n) is 5.97. The second-order valence-electron chi connectivity index (χ2n) is 8.52. The summed E-state index contributed by atoms with van der Waals surface area (Å²) >= 11 is 5.26. The number of carbonyl (C=O) groups excluding carboxylic acids is 4. The first-order valence-electron chi connectivity index (χ1n) is 11.3. The Kier molecular flexibility index (Phi) is 8.86. The summed E-state index contributed by atoms with van der Waals surface area (Å²) in [6, 6.07) is 8.08. The van der Waals surface area contributed by atoms with E-state index >= 15 is 0 Å². The Labute approximate surface area is 201 Å². The number of hydrogen-bond acceptors (Lipinski definition) is 4. The number of rotatable bonds is 9. The molecule has 3 rings (SSSR count). The molecule has 1 aliphatic rings. The summed E-state index contributed by atoms with van der Waals surface area (Å²) in [6.45, 7) is -0.348. The zero-order valence-corrected chi connectivity index (χ0v) is 19.4. The van der Waals surface area contributed by atoms with E-state index in [2.05, 4.69) is 15.7 Å². The van der Waals surface area contributed by atoms with Gasteiger partial charge in [-0.25, -0.2) is 9.40 Å². The molecule has 1 heterocycles. The minimum absolute atomic E-state index is 0.212. The number of hydrogen-bond donors (Lipinski definition) is 4. The maximum Gasteiger partial charge on any atom is 0.291 e. The van der Waals surface area contributed by atoms with Crippen LogP contribution in [0, 0.1) is 5.92 Å². The van der Waals surface area contributed by atoms with Crippen LogP contribution in [0.25, 0.3) is 10.9 Å². The lowest BCUT2D eigenvalue weighted by Crippen LogP contribution is -2.56. The van der Waals surface area contributed by atoms with Crippen molar-refractivity contribution in [1.29, 1.82) is 0 Å². The highest BCUT2D eigenvalue weighted by molar-refractivity contribution is 6.29.